The average molecular weight is 248 g/mol. The van der Waals surface area contributed by atoms with E-state index >= 15 is 0 Å². The minimum Gasteiger partial charge on any atom is -0.345 e. The van der Waals surface area contributed by atoms with Crippen molar-refractivity contribution in [1.29, 1.82) is 0 Å². The van der Waals surface area contributed by atoms with Gasteiger partial charge < -0.3 is 10.2 Å². The first kappa shape index (κ1) is 12.5. The minimum absolute atomic E-state index is 0.0803. The number of amides is 2. The van der Waals surface area contributed by atoms with Gasteiger partial charge in [0.2, 0.25) is 11.8 Å². The Balaban J connectivity index is 2.09. The average Bonchev–Trinajstić information content (AvgIpc) is 2.46. The largest absolute Gasteiger partial charge is 0.345 e. The van der Waals surface area contributed by atoms with Crippen LogP contribution in [0, 0.1) is 6.92 Å². The number of nitrogens with one attached hydrogen (secondary N) is 1. The summed E-state index contributed by atoms with van der Waals surface area (Å²) >= 11 is 0. The maximum Gasteiger partial charge on any atom is 0.245 e. The van der Waals surface area contributed by atoms with Gasteiger partial charge in [0.1, 0.15) is 6.04 Å². The highest BCUT2D eigenvalue weighted by atomic mass is 16.2. The van der Waals surface area contributed by atoms with E-state index < -0.39 is 6.04 Å². The molecule has 2 heterocycles. The van der Waals surface area contributed by atoms with Gasteiger partial charge in [-0.15, -0.1) is 0 Å². The molecule has 1 atom stereocenters. The van der Waals surface area contributed by atoms with Crippen LogP contribution in [0.15, 0.2) is 12.4 Å². The quantitative estimate of drug-likeness (QED) is 0.800. The zero-order chi connectivity index (χ0) is 13.1. The van der Waals surface area contributed by atoms with Crippen molar-refractivity contribution in [2.45, 2.75) is 32.9 Å². The lowest BCUT2D eigenvalue weighted by atomic mass is 10.3. The summed E-state index contributed by atoms with van der Waals surface area (Å²) in [5.74, 6) is -0.170. The number of hydrogen-bond acceptors (Lipinski definition) is 4. The fourth-order valence-electron chi connectivity index (χ4n) is 1.85. The molecule has 0 bridgehead atoms. The molecule has 1 aromatic rings. The number of rotatable bonds is 2. The fourth-order valence-corrected chi connectivity index (χ4v) is 1.85. The molecule has 6 heteroatoms. The molecule has 18 heavy (non-hydrogen) atoms. The molecule has 1 aromatic heterocycles. The van der Waals surface area contributed by atoms with E-state index in [1.54, 1.807) is 24.2 Å². The Morgan fingerprint density at radius 2 is 2.17 bits per heavy atom. The Morgan fingerprint density at radius 3 is 2.83 bits per heavy atom. The molecule has 1 N–H and O–H groups in total. The van der Waals surface area contributed by atoms with E-state index in [-0.39, 0.29) is 11.8 Å². The van der Waals surface area contributed by atoms with E-state index in [9.17, 15) is 9.59 Å². The van der Waals surface area contributed by atoms with Crippen LogP contribution in [-0.4, -0.2) is 39.3 Å². The smallest absolute Gasteiger partial charge is 0.245 e. The summed E-state index contributed by atoms with van der Waals surface area (Å²) < 4.78 is 0. The summed E-state index contributed by atoms with van der Waals surface area (Å²) in [4.78, 5) is 33.4. The van der Waals surface area contributed by atoms with Crippen LogP contribution in [0.2, 0.25) is 0 Å². The molecular formula is C12H16N4O2. The number of hydrogen-bond donors (Lipinski definition) is 1. The summed E-state index contributed by atoms with van der Waals surface area (Å²) in [5, 5.41) is 2.65. The molecule has 1 fully saturated rings. The number of aryl methyl sites for hydroxylation is 1. The topological polar surface area (TPSA) is 75.2 Å². The Bertz CT molecular complexity index is 458. The number of carbonyl (C=O) groups is 2. The van der Waals surface area contributed by atoms with Crippen molar-refractivity contribution in [3.63, 3.8) is 0 Å². The normalized spacial score (nSPS) is 20.6. The first-order chi connectivity index (χ1) is 8.56. The van der Waals surface area contributed by atoms with E-state index in [4.69, 9.17) is 0 Å². The number of nitrogens with zero attached hydrogens (tertiary/aromatic N) is 3. The fraction of sp³-hybridized carbons (Fsp3) is 0.500. The van der Waals surface area contributed by atoms with Crippen molar-refractivity contribution in [2.75, 3.05) is 6.54 Å². The standard InChI is InChI=1S/C12H16N4O2/c1-8-5-14-10(6-13-8)7-16-4-3-11(17)15-9(2)12(16)18/h5-6,9H,3-4,7H2,1-2H3,(H,15,17). The van der Waals surface area contributed by atoms with E-state index in [0.29, 0.717) is 19.5 Å². The summed E-state index contributed by atoms with van der Waals surface area (Å²) in [6.07, 6.45) is 3.66. The van der Waals surface area contributed by atoms with Crippen LogP contribution in [0.3, 0.4) is 0 Å². The van der Waals surface area contributed by atoms with Crippen molar-refractivity contribution in [3.05, 3.63) is 23.8 Å². The maximum absolute atomic E-state index is 12.0. The first-order valence-corrected chi connectivity index (χ1v) is 5.92. The summed E-state index contributed by atoms with van der Waals surface area (Å²) in [6, 6.07) is -0.474. The molecule has 1 saturated heterocycles. The molecule has 2 amide bonds. The van der Waals surface area contributed by atoms with Crippen LogP contribution in [0.25, 0.3) is 0 Å². The van der Waals surface area contributed by atoms with Gasteiger partial charge in [-0.05, 0) is 13.8 Å². The molecule has 0 aromatic carbocycles. The van der Waals surface area contributed by atoms with Crippen molar-refractivity contribution in [1.82, 2.24) is 20.2 Å². The molecule has 96 valence electrons. The molecule has 2 rings (SSSR count). The second-order valence-corrected chi connectivity index (χ2v) is 4.45. The van der Waals surface area contributed by atoms with Gasteiger partial charge in [-0.25, -0.2) is 0 Å². The lowest BCUT2D eigenvalue weighted by Gasteiger charge is -2.21. The van der Waals surface area contributed by atoms with Crippen molar-refractivity contribution < 1.29 is 9.59 Å². The molecule has 1 unspecified atom stereocenters. The second kappa shape index (κ2) is 5.12. The van der Waals surface area contributed by atoms with Crippen LogP contribution < -0.4 is 5.32 Å². The highest BCUT2D eigenvalue weighted by molar-refractivity contribution is 5.89. The van der Waals surface area contributed by atoms with Gasteiger partial charge in [-0.2, -0.15) is 0 Å². The van der Waals surface area contributed by atoms with Crippen LogP contribution >= 0.6 is 0 Å². The number of carbonyl (C=O) groups excluding carboxylic acids is 2. The molecule has 0 spiro atoms. The molecule has 0 saturated carbocycles. The zero-order valence-corrected chi connectivity index (χ0v) is 10.5. The van der Waals surface area contributed by atoms with Gasteiger partial charge in [-0.1, -0.05) is 0 Å². The lowest BCUT2D eigenvalue weighted by Crippen LogP contribution is -2.42. The molecule has 0 aliphatic carbocycles. The summed E-state index contributed by atoms with van der Waals surface area (Å²) in [5.41, 5.74) is 1.57. The lowest BCUT2D eigenvalue weighted by molar-refractivity contribution is -0.133. The number of aromatic nitrogens is 2. The Labute approximate surface area is 105 Å². The third-order valence-electron chi connectivity index (χ3n) is 2.86. The highest BCUT2D eigenvalue weighted by Crippen LogP contribution is 2.08. The minimum atomic E-state index is -0.474. The Hall–Kier alpha value is -1.98. The van der Waals surface area contributed by atoms with Gasteiger partial charge in [0.15, 0.2) is 0 Å². The summed E-state index contributed by atoms with van der Waals surface area (Å²) in [7, 11) is 0. The van der Waals surface area contributed by atoms with E-state index in [1.165, 1.54) is 0 Å². The van der Waals surface area contributed by atoms with E-state index in [1.807, 2.05) is 6.92 Å². The van der Waals surface area contributed by atoms with Crippen molar-refractivity contribution in [3.8, 4) is 0 Å². The van der Waals surface area contributed by atoms with Crippen molar-refractivity contribution >= 4 is 11.8 Å². The Morgan fingerprint density at radius 1 is 1.39 bits per heavy atom. The monoisotopic (exact) mass is 248 g/mol. The predicted molar refractivity (Wildman–Crippen MR) is 64.4 cm³/mol. The molecule has 0 radical (unpaired) electrons. The third-order valence-corrected chi connectivity index (χ3v) is 2.86. The van der Waals surface area contributed by atoms with Gasteiger partial charge >= 0.3 is 0 Å². The molecule has 1 aliphatic rings. The zero-order valence-electron chi connectivity index (χ0n) is 10.5. The first-order valence-electron chi connectivity index (χ1n) is 5.92. The van der Waals surface area contributed by atoms with Gasteiger partial charge in [0.05, 0.1) is 24.1 Å². The van der Waals surface area contributed by atoms with Gasteiger partial charge in [0.25, 0.3) is 0 Å². The third kappa shape index (κ3) is 2.82. The maximum atomic E-state index is 12.0. The molecule has 1 aliphatic heterocycles. The summed E-state index contributed by atoms with van der Waals surface area (Å²) in [6.45, 7) is 4.37. The SMILES string of the molecule is Cc1cnc(CN2CCC(=O)NC(C)C2=O)cn1. The van der Waals surface area contributed by atoms with Gasteiger partial charge in [0, 0.05) is 19.2 Å². The van der Waals surface area contributed by atoms with Crippen LogP contribution in [0.4, 0.5) is 0 Å². The Kier molecular flexibility index (Phi) is 3.55. The van der Waals surface area contributed by atoms with Crippen LogP contribution in [-0.2, 0) is 16.1 Å². The molecule has 6 nitrogen and oxygen atoms in total. The predicted octanol–water partition coefficient (Wildman–Crippen LogP) is 0.0220. The highest BCUT2D eigenvalue weighted by Gasteiger charge is 2.26. The van der Waals surface area contributed by atoms with Crippen LogP contribution in [0.5, 0.6) is 0 Å². The van der Waals surface area contributed by atoms with Gasteiger partial charge in [-0.3, -0.25) is 19.6 Å². The van der Waals surface area contributed by atoms with E-state index in [0.717, 1.165) is 11.4 Å². The van der Waals surface area contributed by atoms with Crippen LogP contribution in [0.1, 0.15) is 24.7 Å². The second-order valence-electron chi connectivity index (χ2n) is 4.45. The van der Waals surface area contributed by atoms with Crippen molar-refractivity contribution in [2.24, 2.45) is 0 Å². The van der Waals surface area contributed by atoms with E-state index in [2.05, 4.69) is 15.3 Å². The molecular weight excluding hydrogens is 232 g/mol.